The molecule has 0 spiro atoms. The fraction of sp³-hybridized carbons (Fsp3) is 0.600. The maximum absolute atomic E-state index is 12.1. The number of anilines is 1. The Labute approximate surface area is 127 Å². The van der Waals surface area contributed by atoms with Crippen molar-refractivity contribution in [2.45, 2.75) is 49.5 Å². The van der Waals surface area contributed by atoms with Crippen molar-refractivity contribution < 1.29 is 13.2 Å². The van der Waals surface area contributed by atoms with E-state index in [-0.39, 0.29) is 11.0 Å². The Balaban J connectivity index is 2.16. The molecule has 1 aromatic carbocycles. The van der Waals surface area contributed by atoms with E-state index in [2.05, 4.69) is 0 Å². The fourth-order valence-corrected chi connectivity index (χ4v) is 3.48. The molecule has 1 saturated carbocycles. The van der Waals surface area contributed by atoms with Crippen molar-refractivity contribution >= 4 is 15.7 Å². The Morgan fingerprint density at radius 3 is 2.29 bits per heavy atom. The minimum Gasteiger partial charge on any atom is -0.488 e. The number of rotatable bonds is 4. The lowest BCUT2D eigenvalue weighted by molar-refractivity contribution is 0.185. The summed E-state index contributed by atoms with van der Waals surface area (Å²) in [5.41, 5.74) is 6.34. The molecule has 1 aromatic rings. The van der Waals surface area contributed by atoms with Gasteiger partial charge in [0.2, 0.25) is 10.0 Å². The molecule has 0 aliphatic heterocycles. The van der Waals surface area contributed by atoms with Crippen LogP contribution < -0.4 is 10.5 Å². The van der Waals surface area contributed by atoms with Crippen LogP contribution in [0.2, 0.25) is 0 Å². The van der Waals surface area contributed by atoms with E-state index in [1.165, 1.54) is 50.2 Å². The molecular formula is C15H24N2O3S. The van der Waals surface area contributed by atoms with Gasteiger partial charge in [-0.1, -0.05) is 12.8 Å². The molecule has 2 rings (SSSR count). The molecule has 1 fully saturated rings. The summed E-state index contributed by atoms with van der Waals surface area (Å²) >= 11 is 0. The Hall–Kier alpha value is -1.27. The second-order valence-corrected chi connectivity index (χ2v) is 7.87. The zero-order chi connectivity index (χ0) is 15.5. The third kappa shape index (κ3) is 3.89. The molecule has 118 valence electrons. The molecule has 5 nitrogen and oxygen atoms in total. The first-order valence-corrected chi connectivity index (χ1v) is 8.84. The van der Waals surface area contributed by atoms with Crippen LogP contribution in [0, 0.1) is 0 Å². The van der Waals surface area contributed by atoms with E-state index in [1.54, 1.807) is 12.1 Å². The Bertz CT molecular complexity index is 577. The number of nitrogen functional groups attached to an aromatic ring is 1. The van der Waals surface area contributed by atoms with Gasteiger partial charge in [-0.15, -0.1) is 0 Å². The molecular weight excluding hydrogens is 288 g/mol. The number of nitrogens with zero attached hydrogens (tertiary/aromatic N) is 1. The smallest absolute Gasteiger partial charge is 0.242 e. The summed E-state index contributed by atoms with van der Waals surface area (Å²) in [6.07, 6.45) is 7.14. The molecule has 21 heavy (non-hydrogen) atoms. The van der Waals surface area contributed by atoms with Gasteiger partial charge in [0.1, 0.15) is 5.75 Å². The Morgan fingerprint density at radius 2 is 1.76 bits per heavy atom. The van der Waals surface area contributed by atoms with E-state index in [0.29, 0.717) is 11.4 Å². The standard InChI is InChI=1S/C15H24N2O3S/c1-17(2)21(18,19)13-9-10-15(14(16)11-13)20-12-7-5-3-4-6-8-12/h9-12H,3-8,16H2,1-2H3. The van der Waals surface area contributed by atoms with Gasteiger partial charge in [0.05, 0.1) is 16.7 Å². The first-order chi connectivity index (χ1) is 9.91. The lowest BCUT2D eigenvalue weighted by Gasteiger charge is -2.19. The molecule has 0 radical (unpaired) electrons. The van der Waals surface area contributed by atoms with Crippen LogP contribution in [0.1, 0.15) is 38.5 Å². The van der Waals surface area contributed by atoms with Gasteiger partial charge in [-0.25, -0.2) is 12.7 Å². The molecule has 0 unspecified atom stereocenters. The highest BCUT2D eigenvalue weighted by atomic mass is 32.2. The van der Waals surface area contributed by atoms with E-state index >= 15 is 0 Å². The number of sulfonamides is 1. The molecule has 2 N–H and O–H groups in total. The monoisotopic (exact) mass is 312 g/mol. The summed E-state index contributed by atoms with van der Waals surface area (Å²) in [5, 5.41) is 0. The molecule has 0 aromatic heterocycles. The zero-order valence-electron chi connectivity index (χ0n) is 12.7. The van der Waals surface area contributed by atoms with Crippen molar-refractivity contribution in [2.75, 3.05) is 19.8 Å². The second kappa shape index (κ2) is 6.66. The normalized spacial score (nSPS) is 17.7. The van der Waals surface area contributed by atoms with Crippen molar-refractivity contribution in [3.8, 4) is 5.75 Å². The summed E-state index contributed by atoms with van der Waals surface area (Å²) in [5.74, 6) is 0.583. The molecule has 6 heteroatoms. The number of benzene rings is 1. The van der Waals surface area contributed by atoms with Crippen LogP contribution in [0.3, 0.4) is 0 Å². The lowest BCUT2D eigenvalue weighted by atomic mass is 10.1. The number of hydrogen-bond acceptors (Lipinski definition) is 4. The van der Waals surface area contributed by atoms with Crippen LogP contribution in [0.25, 0.3) is 0 Å². The van der Waals surface area contributed by atoms with Crippen LogP contribution in [0.4, 0.5) is 5.69 Å². The highest BCUT2D eigenvalue weighted by molar-refractivity contribution is 7.89. The van der Waals surface area contributed by atoms with Crippen LogP contribution >= 0.6 is 0 Å². The minimum atomic E-state index is -3.46. The van der Waals surface area contributed by atoms with Crippen LogP contribution in [-0.4, -0.2) is 32.9 Å². The zero-order valence-corrected chi connectivity index (χ0v) is 13.5. The van der Waals surface area contributed by atoms with Gasteiger partial charge in [0.15, 0.2) is 0 Å². The van der Waals surface area contributed by atoms with Crippen molar-refractivity contribution in [3.05, 3.63) is 18.2 Å². The topological polar surface area (TPSA) is 72.6 Å². The van der Waals surface area contributed by atoms with Gasteiger partial charge in [-0.3, -0.25) is 0 Å². The number of ether oxygens (including phenoxy) is 1. The van der Waals surface area contributed by atoms with Crippen molar-refractivity contribution in [2.24, 2.45) is 0 Å². The molecule has 1 aliphatic carbocycles. The van der Waals surface area contributed by atoms with Crippen molar-refractivity contribution in [1.82, 2.24) is 4.31 Å². The maximum atomic E-state index is 12.1. The van der Waals surface area contributed by atoms with Crippen LogP contribution in [0.15, 0.2) is 23.1 Å². The first-order valence-electron chi connectivity index (χ1n) is 7.40. The summed E-state index contributed by atoms with van der Waals surface area (Å²) in [4.78, 5) is 0.193. The van der Waals surface area contributed by atoms with E-state index in [9.17, 15) is 8.42 Å². The van der Waals surface area contributed by atoms with E-state index in [4.69, 9.17) is 10.5 Å². The van der Waals surface area contributed by atoms with Crippen LogP contribution in [-0.2, 0) is 10.0 Å². The molecule has 0 atom stereocenters. The number of nitrogens with two attached hydrogens (primary N) is 1. The van der Waals surface area contributed by atoms with Gasteiger partial charge in [-0.05, 0) is 43.9 Å². The maximum Gasteiger partial charge on any atom is 0.242 e. The number of hydrogen-bond donors (Lipinski definition) is 1. The summed E-state index contributed by atoms with van der Waals surface area (Å²) < 4.78 is 31.3. The Kier molecular flexibility index (Phi) is 5.11. The van der Waals surface area contributed by atoms with Gasteiger partial charge in [0.25, 0.3) is 0 Å². The molecule has 1 aliphatic rings. The molecule has 0 amide bonds. The predicted molar refractivity (Wildman–Crippen MR) is 83.8 cm³/mol. The fourth-order valence-electron chi connectivity index (χ4n) is 2.54. The van der Waals surface area contributed by atoms with E-state index in [1.807, 2.05) is 0 Å². The quantitative estimate of drug-likeness (QED) is 0.685. The largest absolute Gasteiger partial charge is 0.488 e. The highest BCUT2D eigenvalue weighted by Gasteiger charge is 2.20. The third-order valence-corrected chi connectivity index (χ3v) is 5.67. The lowest BCUT2D eigenvalue weighted by Crippen LogP contribution is -2.22. The summed E-state index contributed by atoms with van der Waals surface area (Å²) in [6.45, 7) is 0. The molecule has 0 saturated heterocycles. The minimum absolute atomic E-state index is 0.186. The average molecular weight is 312 g/mol. The van der Waals surface area contributed by atoms with Crippen LogP contribution in [0.5, 0.6) is 5.75 Å². The van der Waals surface area contributed by atoms with Gasteiger partial charge < -0.3 is 10.5 Å². The van der Waals surface area contributed by atoms with E-state index in [0.717, 1.165) is 12.8 Å². The second-order valence-electron chi connectivity index (χ2n) is 5.72. The first kappa shape index (κ1) is 16.1. The average Bonchev–Trinajstić information content (AvgIpc) is 2.69. The summed E-state index contributed by atoms with van der Waals surface area (Å²) in [7, 11) is -0.454. The van der Waals surface area contributed by atoms with Gasteiger partial charge in [-0.2, -0.15) is 0 Å². The molecule has 0 bridgehead atoms. The van der Waals surface area contributed by atoms with Gasteiger partial charge >= 0.3 is 0 Å². The van der Waals surface area contributed by atoms with Crippen molar-refractivity contribution in [1.29, 1.82) is 0 Å². The SMILES string of the molecule is CN(C)S(=O)(=O)c1ccc(OC2CCCCCC2)c(N)c1. The van der Waals surface area contributed by atoms with Crippen molar-refractivity contribution in [3.63, 3.8) is 0 Å². The third-order valence-electron chi connectivity index (χ3n) is 3.86. The Morgan fingerprint density at radius 1 is 1.14 bits per heavy atom. The summed E-state index contributed by atoms with van der Waals surface area (Å²) in [6, 6.07) is 4.69. The highest BCUT2D eigenvalue weighted by Crippen LogP contribution is 2.29. The van der Waals surface area contributed by atoms with Gasteiger partial charge in [0, 0.05) is 14.1 Å². The van der Waals surface area contributed by atoms with E-state index < -0.39 is 10.0 Å². The molecule has 0 heterocycles. The predicted octanol–water partition coefficient (Wildman–Crippen LogP) is 2.62.